The molecule has 3 aromatic heterocycles. The molecule has 1 atom stereocenters. The minimum atomic E-state index is -3.57. The SMILES string of the molecule is CC(C)(C)S(=O)(=O)c1cn2ccnc2cc1-c1ccn(C2CCCCO2)n1. The zero-order chi connectivity index (χ0) is 19.2. The second kappa shape index (κ2) is 6.45. The summed E-state index contributed by atoms with van der Waals surface area (Å²) in [5, 5.41) is 4.64. The van der Waals surface area contributed by atoms with Gasteiger partial charge in [0.15, 0.2) is 9.84 Å². The molecule has 4 rings (SSSR count). The maximum Gasteiger partial charge on any atom is 0.185 e. The van der Waals surface area contributed by atoms with E-state index in [2.05, 4.69) is 10.1 Å². The number of sulfone groups is 1. The van der Waals surface area contributed by atoms with Crippen LogP contribution in [0.1, 0.15) is 46.3 Å². The highest BCUT2D eigenvalue weighted by Crippen LogP contribution is 2.34. The van der Waals surface area contributed by atoms with E-state index in [-0.39, 0.29) is 11.1 Å². The third kappa shape index (κ3) is 3.17. The largest absolute Gasteiger partial charge is 0.357 e. The van der Waals surface area contributed by atoms with Crippen molar-refractivity contribution in [3.05, 3.63) is 36.9 Å². The fourth-order valence-corrected chi connectivity index (χ4v) is 4.63. The van der Waals surface area contributed by atoms with Gasteiger partial charge in [-0.3, -0.25) is 0 Å². The Kier molecular flexibility index (Phi) is 4.35. The second-order valence-electron chi connectivity index (χ2n) is 7.86. The molecule has 0 spiro atoms. The van der Waals surface area contributed by atoms with Crippen molar-refractivity contribution in [1.82, 2.24) is 19.2 Å². The summed E-state index contributed by atoms with van der Waals surface area (Å²) < 4.78 is 34.8. The molecule has 0 radical (unpaired) electrons. The normalized spacial score (nSPS) is 18.9. The van der Waals surface area contributed by atoms with Gasteiger partial charge >= 0.3 is 0 Å². The molecule has 0 N–H and O–H groups in total. The van der Waals surface area contributed by atoms with Crippen LogP contribution in [0.2, 0.25) is 0 Å². The molecule has 8 heteroatoms. The Morgan fingerprint density at radius 3 is 2.74 bits per heavy atom. The van der Waals surface area contributed by atoms with Crippen molar-refractivity contribution in [3.63, 3.8) is 0 Å². The highest BCUT2D eigenvalue weighted by Gasteiger charge is 2.34. The molecule has 3 aromatic rings. The highest BCUT2D eigenvalue weighted by atomic mass is 32.2. The van der Waals surface area contributed by atoms with Crippen molar-refractivity contribution in [2.75, 3.05) is 6.61 Å². The number of ether oxygens (including phenoxy) is 1. The summed E-state index contributed by atoms with van der Waals surface area (Å²) >= 11 is 0. The van der Waals surface area contributed by atoms with E-state index >= 15 is 0 Å². The van der Waals surface area contributed by atoms with Gasteiger partial charge in [0.1, 0.15) is 11.9 Å². The van der Waals surface area contributed by atoms with Crippen molar-refractivity contribution >= 4 is 15.5 Å². The van der Waals surface area contributed by atoms with Crippen molar-refractivity contribution in [1.29, 1.82) is 0 Å². The lowest BCUT2D eigenvalue weighted by Gasteiger charge is -2.23. The summed E-state index contributed by atoms with van der Waals surface area (Å²) in [6, 6.07) is 3.63. The molecule has 1 aliphatic rings. The number of fused-ring (bicyclic) bond motifs is 1. The molecule has 7 nitrogen and oxygen atoms in total. The van der Waals surface area contributed by atoms with Crippen LogP contribution in [-0.4, -0.2) is 38.9 Å². The van der Waals surface area contributed by atoms with Crippen LogP contribution in [0.25, 0.3) is 16.9 Å². The summed E-state index contributed by atoms with van der Waals surface area (Å²) in [5.74, 6) is 0. The van der Waals surface area contributed by atoms with Gasteiger partial charge in [0, 0.05) is 37.0 Å². The van der Waals surface area contributed by atoms with Crippen LogP contribution < -0.4 is 0 Å². The smallest absolute Gasteiger partial charge is 0.185 e. The third-order valence-electron chi connectivity index (χ3n) is 4.92. The van der Waals surface area contributed by atoms with Crippen LogP contribution in [0, 0.1) is 0 Å². The van der Waals surface area contributed by atoms with E-state index < -0.39 is 14.6 Å². The highest BCUT2D eigenvalue weighted by molar-refractivity contribution is 7.92. The lowest BCUT2D eigenvalue weighted by atomic mass is 10.2. The van der Waals surface area contributed by atoms with Gasteiger partial charge < -0.3 is 9.14 Å². The number of aromatic nitrogens is 4. The average molecular weight is 388 g/mol. The molecule has 4 heterocycles. The van der Waals surface area contributed by atoms with Gasteiger partial charge in [-0.25, -0.2) is 18.1 Å². The predicted molar refractivity (Wildman–Crippen MR) is 102 cm³/mol. The number of hydrogen-bond acceptors (Lipinski definition) is 5. The van der Waals surface area contributed by atoms with Crippen LogP contribution in [0.4, 0.5) is 0 Å². The van der Waals surface area contributed by atoms with Crippen LogP contribution in [-0.2, 0) is 14.6 Å². The molecule has 0 saturated carbocycles. The molecule has 1 unspecified atom stereocenters. The van der Waals surface area contributed by atoms with E-state index in [0.29, 0.717) is 16.9 Å². The minimum absolute atomic E-state index is 0.0923. The molecule has 0 amide bonds. The second-order valence-corrected chi connectivity index (χ2v) is 10.5. The average Bonchev–Trinajstić information content (AvgIpc) is 3.29. The van der Waals surface area contributed by atoms with E-state index in [1.54, 1.807) is 54.5 Å². The van der Waals surface area contributed by atoms with Gasteiger partial charge in [0.2, 0.25) is 0 Å². The van der Waals surface area contributed by atoms with Gasteiger partial charge in [-0.15, -0.1) is 0 Å². The first kappa shape index (κ1) is 18.2. The lowest BCUT2D eigenvalue weighted by Crippen LogP contribution is -2.28. The molecule has 1 saturated heterocycles. The molecular formula is C19H24N4O3S. The Balaban J connectivity index is 1.86. The number of imidazole rings is 1. The number of nitrogens with zero attached hydrogens (tertiary/aromatic N) is 4. The summed E-state index contributed by atoms with van der Waals surface area (Å²) in [6.07, 6.45) is 9.87. The maximum atomic E-state index is 13.2. The Morgan fingerprint density at radius 2 is 2.04 bits per heavy atom. The summed E-state index contributed by atoms with van der Waals surface area (Å²) in [6.45, 7) is 5.85. The van der Waals surface area contributed by atoms with E-state index in [1.165, 1.54) is 0 Å². The van der Waals surface area contributed by atoms with Crippen molar-refractivity contribution in [2.45, 2.75) is 55.9 Å². The topological polar surface area (TPSA) is 78.5 Å². The van der Waals surface area contributed by atoms with E-state index in [0.717, 1.165) is 25.9 Å². The standard InChI is InChI=1S/C19H24N4O3S/c1-19(2,3)27(24,25)16-13-22-10-8-20-17(22)12-14(16)15-7-9-23(21-15)18-6-4-5-11-26-18/h7-10,12-13,18H,4-6,11H2,1-3H3. The quantitative estimate of drug-likeness (QED) is 0.686. The first-order valence-electron chi connectivity index (χ1n) is 9.16. The van der Waals surface area contributed by atoms with E-state index in [4.69, 9.17) is 4.74 Å². The monoisotopic (exact) mass is 388 g/mol. The first-order chi connectivity index (χ1) is 12.8. The lowest BCUT2D eigenvalue weighted by molar-refractivity contribution is -0.0393. The summed E-state index contributed by atoms with van der Waals surface area (Å²) in [7, 11) is -3.57. The summed E-state index contributed by atoms with van der Waals surface area (Å²) in [5.41, 5.74) is 1.86. The van der Waals surface area contributed by atoms with Crippen molar-refractivity contribution < 1.29 is 13.2 Å². The maximum absolute atomic E-state index is 13.2. The molecule has 0 aromatic carbocycles. The molecule has 144 valence electrons. The molecule has 27 heavy (non-hydrogen) atoms. The number of rotatable bonds is 3. The first-order valence-corrected chi connectivity index (χ1v) is 10.6. The Hall–Kier alpha value is -2.19. The predicted octanol–water partition coefficient (Wildman–Crippen LogP) is 3.47. The van der Waals surface area contributed by atoms with Crippen molar-refractivity contribution in [2.24, 2.45) is 0 Å². The Bertz CT molecular complexity index is 1070. The molecule has 1 aliphatic heterocycles. The molecule has 1 fully saturated rings. The fraction of sp³-hybridized carbons (Fsp3) is 0.474. The van der Waals surface area contributed by atoms with E-state index in [1.807, 2.05) is 12.3 Å². The third-order valence-corrected chi connectivity index (χ3v) is 7.44. The molecular weight excluding hydrogens is 364 g/mol. The van der Waals surface area contributed by atoms with Crippen molar-refractivity contribution in [3.8, 4) is 11.3 Å². The molecule has 0 bridgehead atoms. The molecule has 0 aliphatic carbocycles. The minimum Gasteiger partial charge on any atom is -0.357 e. The van der Waals surface area contributed by atoms with Crippen LogP contribution in [0.3, 0.4) is 0 Å². The van der Waals surface area contributed by atoms with Crippen LogP contribution in [0.5, 0.6) is 0 Å². The fourth-order valence-electron chi connectivity index (χ4n) is 3.26. The van der Waals surface area contributed by atoms with Crippen LogP contribution >= 0.6 is 0 Å². The van der Waals surface area contributed by atoms with Crippen LogP contribution in [0.15, 0.2) is 41.8 Å². The van der Waals surface area contributed by atoms with Gasteiger partial charge in [0.05, 0.1) is 15.3 Å². The van der Waals surface area contributed by atoms with E-state index in [9.17, 15) is 8.42 Å². The zero-order valence-corrected chi connectivity index (χ0v) is 16.6. The van der Waals surface area contributed by atoms with Gasteiger partial charge in [0.25, 0.3) is 0 Å². The summed E-state index contributed by atoms with van der Waals surface area (Å²) in [4.78, 5) is 4.56. The van der Waals surface area contributed by atoms with Gasteiger partial charge in [-0.2, -0.15) is 5.10 Å². The van der Waals surface area contributed by atoms with Gasteiger partial charge in [-0.05, 0) is 52.2 Å². The Morgan fingerprint density at radius 1 is 1.22 bits per heavy atom. The zero-order valence-electron chi connectivity index (χ0n) is 15.8. The van der Waals surface area contributed by atoms with Gasteiger partial charge in [-0.1, -0.05) is 0 Å². The number of hydrogen-bond donors (Lipinski definition) is 0. The number of pyridine rings is 1. The Labute approximate surface area is 158 Å².